The number of rotatable bonds is 3. The number of carbonyl (C=O) groups is 1. The van der Waals surface area contributed by atoms with E-state index in [1.165, 1.54) is 0 Å². The number of hydrogen-bond donors (Lipinski definition) is 2. The smallest absolute Gasteiger partial charge is 0.249 e. The van der Waals surface area contributed by atoms with Gasteiger partial charge in [-0.1, -0.05) is 0 Å². The summed E-state index contributed by atoms with van der Waals surface area (Å²) >= 11 is 0. The van der Waals surface area contributed by atoms with Gasteiger partial charge in [-0.3, -0.25) is 4.79 Å². The minimum absolute atomic E-state index is 0.103. The summed E-state index contributed by atoms with van der Waals surface area (Å²) in [6.07, 6.45) is 0.970. The number of ether oxygens (including phenoxy) is 1. The van der Waals surface area contributed by atoms with Gasteiger partial charge in [0.2, 0.25) is 5.91 Å². The van der Waals surface area contributed by atoms with Crippen LogP contribution in [0.1, 0.15) is 19.8 Å². The van der Waals surface area contributed by atoms with E-state index in [0.29, 0.717) is 13.2 Å². The van der Waals surface area contributed by atoms with Crippen LogP contribution in [0.5, 0.6) is 0 Å². The number of aliphatic hydroxyl groups excluding tert-OH is 1. The number of hydrogen-bond acceptors (Lipinski definition) is 3. The summed E-state index contributed by atoms with van der Waals surface area (Å²) in [5, 5.41) is 11.5. The molecule has 1 amide bonds. The van der Waals surface area contributed by atoms with Gasteiger partial charge in [-0.2, -0.15) is 0 Å². The van der Waals surface area contributed by atoms with E-state index in [9.17, 15) is 4.79 Å². The Hall–Kier alpha value is -0.610. The Labute approximate surface area is 71.9 Å². The lowest BCUT2D eigenvalue weighted by Crippen LogP contribution is -2.37. The van der Waals surface area contributed by atoms with Crippen molar-refractivity contribution >= 4 is 5.91 Å². The fourth-order valence-electron chi connectivity index (χ4n) is 1.15. The van der Waals surface area contributed by atoms with E-state index >= 15 is 0 Å². The molecule has 0 saturated carbocycles. The predicted molar refractivity (Wildman–Crippen MR) is 43.7 cm³/mol. The van der Waals surface area contributed by atoms with Gasteiger partial charge in [-0.05, 0) is 19.8 Å². The van der Waals surface area contributed by atoms with Crippen molar-refractivity contribution < 1.29 is 14.6 Å². The second kappa shape index (κ2) is 4.42. The summed E-state index contributed by atoms with van der Waals surface area (Å²) in [5.74, 6) is -0.103. The summed E-state index contributed by atoms with van der Waals surface area (Å²) in [6.45, 7) is 2.61. The minimum atomic E-state index is -0.490. The van der Waals surface area contributed by atoms with Crippen LogP contribution >= 0.6 is 0 Å². The molecule has 4 heteroatoms. The first-order valence-corrected chi connectivity index (χ1v) is 4.27. The summed E-state index contributed by atoms with van der Waals surface area (Å²) < 4.78 is 5.15. The maximum atomic E-state index is 11.2. The number of aliphatic hydroxyl groups is 1. The standard InChI is InChI=1S/C8H15NO3/c1-6(10)5-9-8(11)7-3-2-4-12-7/h6-7,10H,2-5H2,1H3,(H,9,11)/t6-,7?/m0/s1. The first kappa shape index (κ1) is 9.48. The van der Waals surface area contributed by atoms with Gasteiger partial charge in [0.15, 0.2) is 0 Å². The molecule has 0 aromatic carbocycles. The van der Waals surface area contributed by atoms with Crippen molar-refractivity contribution in [1.29, 1.82) is 0 Å². The third-order valence-corrected chi connectivity index (χ3v) is 1.79. The van der Waals surface area contributed by atoms with Crippen LogP contribution in [0.2, 0.25) is 0 Å². The molecule has 1 unspecified atom stereocenters. The Morgan fingerprint density at radius 3 is 3.08 bits per heavy atom. The van der Waals surface area contributed by atoms with Gasteiger partial charge >= 0.3 is 0 Å². The molecule has 1 heterocycles. The molecule has 1 aliphatic rings. The number of carbonyl (C=O) groups excluding carboxylic acids is 1. The lowest BCUT2D eigenvalue weighted by atomic mass is 10.2. The Morgan fingerprint density at radius 1 is 1.83 bits per heavy atom. The lowest BCUT2D eigenvalue weighted by molar-refractivity contribution is -0.130. The average molecular weight is 173 g/mol. The molecule has 0 aliphatic carbocycles. The highest BCUT2D eigenvalue weighted by Crippen LogP contribution is 2.11. The molecule has 0 spiro atoms. The van der Waals surface area contributed by atoms with Gasteiger partial charge in [0.1, 0.15) is 6.10 Å². The van der Waals surface area contributed by atoms with E-state index in [-0.39, 0.29) is 12.0 Å². The molecule has 4 nitrogen and oxygen atoms in total. The molecule has 1 rings (SSSR count). The predicted octanol–water partition coefficient (Wildman–Crippen LogP) is -0.338. The fourth-order valence-corrected chi connectivity index (χ4v) is 1.15. The molecular weight excluding hydrogens is 158 g/mol. The first-order valence-electron chi connectivity index (χ1n) is 4.27. The maximum Gasteiger partial charge on any atom is 0.249 e. The van der Waals surface area contributed by atoms with Gasteiger partial charge in [-0.15, -0.1) is 0 Å². The van der Waals surface area contributed by atoms with E-state index in [1.54, 1.807) is 6.92 Å². The van der Waals surface area contributed by atoms with Crippen LogP contribution in [0.25, 0.3) is 0 Å². The molecular formula is C8H15NO3. The van der Waals surface area contributed by atoms with Crippen molar-refractivity contribution in [3.8, 4) is 0 Å². The second-order valence-electron chi connectivity index (χ2n) is 3.10. The van der Waals surface area contributed by atoms with Crippen LogP contribution in [0.15, 0.2) is 0 Å². The highest BCUT2D eigenvalue weighted by molar-refractivity contribution is 5.80. The molecule has 0 aromatic rings. The monoisotopic (exact) mass is 173 g/mol. The molecule has 2 atom stereocenters. The topological polar surface area (TPSA) is 58.6 Å². The highest BCUT2D eigenvalue weighted by atomic mass is 16.5. The molecule has 1 fully saturated rings. The van der Waals surface area contributed by atoms with E-state index in [2.05, 4.69) is 5.32 Å². The van der Waals surface area contributed by atoms with Crippen LogP contribution in [0.3, 0.4) is 0 Å². The van der Waals surface area contributed by atoms with E-state index in [4.69, 9.17) is 9.84 Å². The molecule has 2 N–H and O–H groups in total. The van der Waals surface area contributed by atoms with Crippen molar-refractivity contribution in [2.24, 2.45) is 0 Å². The van der Waals surface area contributed by atoms with Crippen LogP contribution in [-0.4, -0.2) is 36.4 Å². The highest BCUT2D eigenvalue weighted by Gasteiger charge is 2.23. The zero-order valence-corrected chi connectivity index (χ0v) is 7.25. The molecule has 1 saturated heterocycles. The van der Waals surface area contributed by atoms with E-state index < -0.39 is 6.10 Å². The summed E-state index contributed by atoms with van der Waals surface area (Å²) in [6, 6.07) is 0. The third-order valence-electron chi connectivity index (χ3n) is 1.79. The third kappa shape index (κ3) is 2.79. The van der Waals surface area contributed by atoms with Crippen LogP contribution in [0.4, 0.5) is 0 Å². The summed E-state index contributed by atoms with van der Waals surface area (Å²) in [4.78, 5) is 11.2. The van der Waals surface area contributed by atoms with Crippen molar-refractivity contribution in [3.63, 3.8) is 0 Å². The SMILES string of the molecule is C[C@H](O)CNC(=O)C1CCCO1. The van der Waals surface area contributed by atoms with Crippen LogP contribution < -0.4 is 5.32 Å². The fraction of sp³-hybridized carbons (Fsp3) is 0.875. The Bertz CT molecular complexity index is 152. The first-order chi connectivity index (χ1) is 5.70. The van der Waals surface area contributed by atoms with E-state index in [1.807, 2.05) is 0 Å². The van der Waals surface area contributed by atoms with Crippen LogP contribution in [0, 0.1) is 0 Å². The maximum absolute atomic E-state index is 11.2. The van der Waals surface area contributed by atoms with Gasteiger partial charge in [0.25, 0.3) is 0 Å². The molecule has 0 bridgehead atoms. The zero-order chi connectivity index (χ0) is 8.97. The largest absolute Gasteiger partial charge is 0.392 e. The van der Waals surface area contributed by atoms with Gasteiger partial charge in [0, 0.05) is 13.2 Å². The van der Waals surface area contributed by atoms with Gasteiger partial charge in [0.05, 0.1) is 6.10 Å². The molecule has 0 radical (unpaired) electrons. The van der Waals surface area contributed by atoms with Crippen molar-refractivity contribution in [3.05, 3.63) is 0 Å². The van der Waals surface area contributed by atoms with Gasteiger partial charge < -0.3 is 15.2 Å². The molecule has 12 heavy (non-hydrogen) atoms. The van der Waals surface area contributed by atoms with Crippen molar-refractivity contribution in [1.82, 2.24) is 5.32 Å². The van der Waals surface area contributed by atoms with Crippen molar-refractivity contribution in [2.75, 3.05) is 13.2 Å². The number of nitrogens with one attached hydrogen (secondary N) is 1. The Morgan fingerprint density at radius 2 is 2.58 bits per heavy atom. The minimum Gasteiger partial charge on any atom is -0.392 e. The molecule has 1 aliphatic heterocycles. The average Bonchev–Trinajstić information content (AvgIpc) is 2.51. The van der Waals surface area contributed by atoms with Gasteiger partial charge in [-0.25, -0.2) is 0 Å². The number of amides is 1. The van der Waals surface area contributed by atoms with E-state index in [0.717, 1.165) is 12.8 Å². The normalized spacial score (nSPS) is 25.3. The Balaban J connectivity index is 2.18. The quantitative estimate of drug-likeness (QED) is 0.614. The summed E-state index contributed by atoms with van der Waals surface area (Å²) in [7, 11) is 0. The molecule has 0 aromatic heterocycles. The zero-order valence-electron chi connectivity index (χ0n) is 7.25. The van der Waals surface area contributed by atoms with Crippen molar-refractivity contribution in [2.45, 2.75) is 32.0 Å². The lowest BCUT2D eigenvalue weighted by Gasteiger charge is -2.11. The Kier molecular flexibility index (Phi) is 3.49. The summed E-state index contributed by atoms with van der Waals surface area (Å²) in [5.41, 5.74) is 0. The molecule has 70 valence electrons. The second-order valence-corrected chi connectivity index (χ2v) is 3.10. The van der Waals surface area contributed by atoms with Crippen LogP contribution in [-0.2, 0) is 9.53 Å².